The molecule has 18 heavy (non-hydrogen) atoms. The molecular formula is C12H16ClNO3S. The van der Waals surface area contributed by atoms with Gasteiger partial charge in [0.2, 0.25) is 0 Å². The van der Waals surface area contributed by atoms with Gasteiger partial charge in [0.1, 0.15) is 0 Å². The molecule has 0 saturated carbocycles. The highest BCUT2D eigenvalue weighted by Gasteiger charge is 2.33. The van der Waals surface area contributed by atoms with Crippen molar-refractivity contribution in [1.29, 1.82) is 0 Å². The summed E-state index contributed by atoms with van der Waals surface area (Å²) in [4.78, 5) is 3.91. The Morgan fingerprint density at radius 1 is 1.56 bits per heavy atom. The standard InChI is InChI=1S/C12H16ClNO3S/c13-12-6-14-3-1-9(12)5-11(7-15)10-2-4-18(16,17)8-10/h1,3,6,10-11,15H,2,4-5,7-8H2. The first-order valence-corrected chi connectivity index (χ1v) is 8.11. The lowest BCUT2D eigenvalue weighted by molar-refractivity contribution is 0.184. The Labute approximate surface area is 112 Å². The molecule has 2 unspecified atom stereocenters. The minimum atomic E-state index is -2.91. The molecule has 4 nitrogen and oxygen atoms in total. The van der Waals surface area contributed by atoms with Gasteiger partial charge < -0.3 is 5.11 Å². The molecule has 1 aromatic heterocycles. The van der Waals surface area contributed by atoms with Gasteiger partial charge in [0.05, 0.1) is 16.5 Å². The van der Waals surface area contributed by atoms with Crippen LogP contribution in [0.4, 0.5) is 0 Å². The lowest BCUT2D eigenvalue weighted by atomic mass is 9.87. The zero-order valence-corrected chi connectivity index (χ0v) is 11.5. The molecule has 1 aliphatic rings. The van der Waals surface area contributed by atoms with Crippen LogP contribution in [0, 0.1) is 11.8 Å². The SMILES string of the molecule is O=S1(=O)CCC(C(CO)Cc2ccncc2Cl)C1. The van der Waals surface area contributed by atoms with Crippen LogP contribution in [0.3, 0.4) is 0 Å². The third kappa shape index (κ3) is 3.22. The molecule has 0 aliphatic carbocycles. The lowest BCUT2D eigenvalue weighted by Crippen LogP contribution is -2.22. The first kappa shape index (κ1) is 13.8. The van der Waals surface area contributed by atoms with Crippen molar-refractivity contribution in [2.24, 2.45) is 11.8 Å². The molecule has 1 fully saturated rings. The molecule has 2 heterocycles. The van der Waals surface area contributed by atoms with Gasteiger partial charge in [-0.1, -0.05) is 11.6 Å². The summed E-state index contributed by atoms with van der Waals surface area (Å²) in [6.45, 7) is -0.0150. The molecule has 1 aromatic rings. The number of pyridine rings is 1. The van der Waals surface area contributed by atoms with Gasteiger partial charge in [-0.05, 0) is 36.3 Å². The highest BCUT2D eigenvalue weighted by molar-refractivity contribution is 7.91. The monoisotopic (exact) mass is 289 g/mol. The maximum atomic E-state index is 11.5. The van der Waals surface area contributed by atoms with E-state index in [2.05, 4.69) is 4.98 Å². The number of hydrogen-bond donors (Lipinski definition) is 1. The second-order valence-electron chi connectivity index (χ2n) is 4.78. The van der Waals surface area contributed by atoms with Gasteiger partial charge in [-0.25, -0.2) is 8.42 Å². The van der Waals surface area contributed by atoms with E-state index in [0.717, 1.165) is 5.56 Å². The van der Waals surface area contributed by atoms with Crippen LogP contribution in [0.25, 0.3) is 0 Å². The van der Waals surface area contributed by atoms with E-state index in [0.29, 0.717) is 17.9 Å². The molecule has 0 spiro atoms. The van der Waals surface area contributed by atoms with Gasteiger partial charge in [0.25, 0.3) is 0 Å². The number of sulfone groups is 1. The fraction of sp³-hybridized carbons (Fsp3) is 0.583. The molecule has 2 atom stereocenters. The number of halogens is 1. The third-order valence-corrected chi connectivity index (χ3v) is 5.64. The second kappa shape index (κ2) is 5.55. The van der Waals surface area contributed by atoms with Gasteiger partial charge in [0.15, 0.2) is 9.84 Å². The average molecular weight is 290 g/mol. The summed E-state index contributed by atoms with van der Waals surface area (Å²) in [5.74, 6) is 0.394. The van der Waals surface area contributed by atoms with Crippen LogP contribution in [0.1, 0.15) is 12.0 Å². The number of rotatable bonds is 4. The van der Waals surface area contributed by atoms with Crippen molar-refractivity contribution in [2.45, 2.75) is 12.8 Å². The fourth-order valence-corrected chi connectivity index (χ4v) is 4.54. The van der Waals surface area contributed by atoms with Crippen LogP contribution >= 0.6 is 11.6 Å². The molecule has 6 heteroatoms. The summed E-state index contributed by atoms with van der Waals surface area (Å²) in [6.07, 6.45) is 4.45. The van der Waals surface area contributed by atoms with Crippen molar-refractivity contribution >= 4 is 21.4 Å². The zero-order valence-electron chi connectivity index (χ0n) is 9.92. The number of hydrogen-bond acceptors (Lipinski definition) is 4. The number of aromatic nitrogens is 1. The summed E-state index contributed by atoms with van der Waals surface area (Å²) in [6, 6.07) is 1.81. The van der Waals surface area contributed by atoms with Crippen molar-refractivity contribution in [3.8, 4) is 0 Å². The molecule has 0 radical (unpaired) electrons. The van der Waals surface area contributed by atoms with Crippen LogP contribution in [0.2, 0.25) is 5.02 Å². The largest absolute Gasteiger partial charge is 0.396 e. The topological polar surface area (TPSA) is 67.3 Å². The number of aliphatic hydroxyl groups is 1. The minimum Gasteiger partial charge on any atom is -0.396 e. The predicted molar refractivity (Wildman–Crippen MR) is 70.3 cm³/mol. The lowest BCUT2D eigenvalue weighted by Gasteiger charge is -2.20. The molecule has 0 bridgehead atoms. The van der Waals surface area contributed by atoms with Gasteiger partial charge in [-0.15, -0.1) is 0 Å². The van der Waals surface area contributed by atoms with Crippen LogP contribution in [-0.2, 0) is 16.3 Å². The van der Waals surface area contributed by atoms with Gasteiger partial charge in [-0.3, -0.25) is 4.98 Å². The maximum Gasteiger partial charge on any atom is 0.150 e. The number of nitrogens with zero attached hydrogens (tertiary/aromatic N) is 1. The Balaban J connectivity index is 2.09. The van der Waals surface area contributed by atoms with Crippen molar-refractivity contribution in [1.82, 2.24) is 4.98 Å². The molecule has 1 aliphatic heterocycles. The van der Waals surface area contributed by atoms with Crippen molar-refractivity contribution in [3.63, 3.8) is 0 Å². The maximum absolute atomic E-state index is 11.5. The first-order valence-electron chi connectivity index (χ1n) is 5.91. The second-order valence-corrected chi connectivity index (χ2v) is 7.41. The van der Waals surface area contributed by atoms with Crippen LogP contribution in [-0.4, -0.2) is 36.6 Å². The van der Waals surface area contributed by atoms with Crippen LogP contribution < -0.4 is 0 Å². The van der Waals surface area contributed by atoms with E-state index >= 15 is 0 Å². The Morgan fingerprint density at radius 2 is 2.33 bits per heavy atom. The normalized spacial score (nSPS) is 24.0. The number of aliphatic hydroxyl groups excluding tert-OH is 1. The smallest absolute Gasteiger partial charge is 0.150 e. The van der Waals surface area contributed by atoms with Gasteiger partial charge >= 0.3 is 0 Å². The van der Waals surface area contributed by atoms with E-state index in [1.807, 2.05) is 6.07 Å². The zero-order chi connectivity index (χ0) is 13.2. The van der Waals surface area contributed by atoms with E-state index in [9.17, 15) is 13.5 Å². The Morgan fingerprint density at radius 3 is 2.89 bits per heavy atom. The molecule has 1 saturated heterocycles. The molecular weight excluding hydrogens is 274 g/mol. The molecule has 0 amide bonds. The Hall–Kier alpha value is -0.650. The van der Waals surface area contributed by atoms with E-state index in [1.54, 1.807) is 12.4 Å². The van der Waals surface area contributed by atoms with Crippen molar-refractivity contribution < 1.29 is 13.5 Å². The van der Waals surface area contributed by atoms with E-state index in [4.69, 9.17) is 11.6 Å². The summed E-state index contributed by atoms with van der Waals surface area (Å²) in [5.41, 5.74) is 0.912. The summed E-state index contributed by atoms with van der Waals surface area (Å²) < 4.78 is 22.9. The average Bonchev–Trinajstić information content (AvgIpc) is 2.68. The quantitative estimate of drug-likeness (QED) is 0.908. The Kier molecular flexibility index (Phi) is 4.25. The highest BCUT2D eigenvalue weighted by atomic mass is 35.5. The molecule has 100 valence electrons. The Bertz CT molecular complexity index is 518. The highest BCUT2D eigenvalue weighted by Crippen LogP contribution is 2.29. The predicted octanol–water partition coefficient (Wildman–Crippen LogP) is 1.32. The summed E-state index contributed by atoms with van der Waals surface area (Å²) >= 11 is 6.03. The van der Waals surface area contributed by atoms with Crippen molar-refractivity contribution in [3.05, 3.63) is 29.0 Å². The first-order chi connectivity index (χ1) is 8.52. The van der Waals surface area contributed by atoms with E-state index in [-0.39, 0.29) is 29.9 Å². The minimum absolute atomic E-state index is 0.0150. The van der Waals surface area contributed by atoms with Crippen LogP contribution in [0.5, 0.6) is 0 Å². The summed E-state index contributed by atoms with van der Waals surface area (Å²) in [5, 5.41) is 10.0. The third-order valence-electron chi connectivity index (χ3n) is 3.51. The van der Waals surface area contributed by atoms with Crippen LogP contribution in [0.15, 0.2) is 18.5 Å². The molecule has 1 N–H and O–H groups in total. The molecule has 0 aromatic carbocycles. The van der Waals surface area contributed by atoms with E-state index in [1.165, 1.54) is 0 Å². The van der Waals surface area contributed by atoms with Gasteiger partial charge in [-0.2, -0.15) is 0 Å². The van der Waals surface area contributed by atoms with Gasteiger partial charge in [0, 0.05) is 19.0 Å². The molecule has 2 rings (SSSR count). The van der Waals surface area contributed by atoms with E-state index < -0.39 is 9.84 Å². The fourth-order valence-electron chi connectivity index (χ4n) is 2.43. The van der Waals surface area contributed by atoms with Crippen molar-refractivity contribution in [2.75, 3.05) is 18.1 Å². The summed E-state index contributed by atoms with van der Waals surface area (Å²) in [7, 11) is -2.91.